The molecule has 0 aliphatic carbocycles. The van der Waals surface area contributed by atoms with Gasteiger partial charge in [-0.25, -0.2) is 4.98 Å². The summed E-state index contributed by atoms with van der Waals surface area (Å²) in [5, 5.41) is 0. The molecule has 3 nitrogen and oxygen atoms in total. The number of rotatable bonds is 2. The van der Waals surface area contributed by atoms with Crippen molar-refractivity contribution in [1.82, 2.24) is 4.98 Å². The fourth-order valence-electron chi connectivity index (χ4n) is 0.877. The van der Waals surface area contributed by atoms with Gasteiger partial charge in [-0.15, -0.1) is 0 Å². The molecule has 0 saturated carbocycles. The van der Waals surface area contributed by atoms with E-state index >= 15 is 0 Å². The zero-order valence-electron chi connectivity index (χ0n) is 8.43. The standard InChI is InChI=1S/C9H11N3.2ClH.V/c1-10-6-8-4-3-5-9(12-8)7-11-2;;;/h3-7H,1-2H3;2*1H;/q;;;+2/p-2. The Labute approximate surface area is 114 Å². The average molecular weight is 283 g/mol. The van der Waals surface area contributed by atoms with Crippen LogP contribution in [-0.2, 0) is 18.6 Å². The van der Waals surface area contributed by atoms with Crippen LogP contribution in [0.25, 0.3) is 0 Å². The predicted molar refractivity (Wildman–Crippen MR) is 51.3 cm³/mol. The smallest absolute Gasteiger partial charge is 1.00 e. The molecule has 0 atom stereocenters. The Balaban J connectivity index is -0.000000480. The van der Waals surface area contributed by atoms with Crippen molar-refractivity contribution in [3.63, 3.8) is 0 Å². The van der Waals surface area contributed by atoms with E-state index in [1.165, 1.54) is 0 Å². The number of hydrogen-bond donors (Lipinski definition) is 0. The van der Waals surface area contributed by atoms with E-state index in [1.807, 2.05) is 18.2 Å². The van der Waals surface area contributed by atoms with Crippen molar-refractivity contribution in [1.29, 1.82) is 0 Å². The summed E-state index contributed by atoms with van der Waals surface area (Å²) < 4.78 is 0. The first-order valence-corrected chi connectivity index (χ1v) is 3.68. The third-order valence-corrected chi connectivity index (χ3v) is 1.31. The molecule has 6 heteroatoms. The predicted octanol–water partition coefficient (Wildman–Crippen LogP) is -4.82. The van der Waals surface area contributed by atoms with Crippen molar-refractivity contribution < 1.29 is 43.4 Å². The number of hydrogen-bond acceptors (Lipinski definition) is 3. The summed E-state index contributed by atoms with van der Waals surface area (Å²) in [6.45, 7) is 0. The Morgan fingerprint density at radius 1 is 1.00 bits per heavy atom. The van der Waals surface area contributed by atoms with Crippen LogP contribution >= 0.6 is 0 Å². The number of aliphatic imine (C=N–C) groups is 2. The summed E-state index contributed by atoms with van der Waals surface area (Å²) in [6, 6.07) is 5.74. The van der Waals surface area contributed by atoms with Crippen molar-refractivity contribution in [3.05, 3.63) is 29.6 Å². The molecule has 0 saturated heterocycles. The van der Waals surface area contributed by atoms with E-state index < -0.39 is 0 Å². The van der Waals surface area contributed by atoms with Crippen LogP contribution in [0.3, 0.4) is 0 Å². The molecule has 15 heavy (non-hydrogen) atoms. The zero-order valence-corrected chi connectivity index (χ0v) is 11.3. The minimum atomic E-state index is 0. The van der Waals surface area contributed by atoms with Gasteiger partial charge in [0.05, 0.1) is 11.4 Å². The molecule has 0 aromatic carbocycles. The number of pyridine rings is 1. The molecule has 0 spiro atoms. The van der Waals surface area contributed by atoms with Crippen molar-refractivity contribution in [2.45, 2.75) is 0 Å². The normalized spacial score (nSPS) is 9.20. The number of aromatic nitrogens is 1. The Kier molecular flexibility index (Phi) is 15.7. The van der Waals surface area contributed by atoms with Gasteiger partial charge in [-0.2, -0.15) is 0 Å². The minimum Gasteiger partial charge on any atom is -1.00 e. The van der Waals surface area contributed by atoms with Gasteiger partial charge in [0, 0.05) is 26.5 Å². The molecule has 1 radical (unpaired) electrons. The summed E-state index contributed by atoms with van der Waals surface area (Å²) in [5.41, 5.74) is 1.71. The van der Waals surface area contributed by atoms with Crippen LogP contribution in [-0.4, -0.2) is 31.5 Å². The van der Waals surface area contributed by atoms with E-state index in [1.54, 1.807) is 26.5 Å². The topological polar surface area (TPSA) is 37.6 Å². The van der Waals surface area contributed by atoms with Gasteiger partial charge in [-0.3, -0.25) is 9.98 Å². The van der Waals surface area contributed by atoms with Crippen molar-refractivity contribution in [2.75, 3.05) is 14.1 Å². The fourth-order valence-corrected chi connectivity index (χ4v) is 0.877. The largest absolute Gasteiger partial charge is 2.00 e. The monoisotopic (exact) mass is 282 g/mol. The van der Waals surface area contributed by atoms with Gasteiger partial charge in [0.1, 0.15) is 0 Å². The Morgan fingerprint density at radius 3 is 1.73 bits per heavy atom. The molecule has 0 unspecified atom stereocenters. The van der Waals surface area contributed by atoms with Gasteiger partial charge in [0.15, 0.2) is 0 Å². The van der Waals surface area contributed by atoms with Gasteiger partial charge in [-0.05, 0) is 12.1 Å². The number of halogens is 2. The van der Waals surface area contributed by atoms with E-state index in [2.05, 4.69) is 15.0 Å². The maximum absolute atomic E-state index is 4.25. The third kappa shape index (κ3) is 7.57. The minimum absolute atomic E-state index is 0. The molecule has 0 aliphatic heterocycles. The van der Waals surface area contributed by atoms with E-state index in [4.69, 9.17) is 0 Å². The van der Waals surface area contributed by atoms with Crippen LogP contribution in [0.5, 0.6) is 0 Å². The van der Waals surface area contributed by atoms with E-state index in [-0.39, 0.29) is 43.4 Å². The van der Waals surface area contributed by atoms with Crippen LogP contribution in [0.1, 0.15) is 11.4 Å². The maximum Gasteiger partial charge on any atom is 2.00 e. The average Bonchev–Trinajstić information content (AvgIpc) is 2.06. The Morgan fingerprint density at radius 2 is 1.40 bits per heavy atom. The third-order valence-electron chi connectivity index (χ3n) is 1.31. The van der Waals surface area contributed by atoms with Gasteiger partial charge in [0.2, 0.25) is 0 Å². The van der Waals surface area contributed by atoms with Gasteiger partial charge >= 0.3 is 18.6 Å². The molecule has 0 N–H and O–H groups in total. The summed E-state index contributed by atoms with van der Waals surface area (Å²) in [6.07, 6.45) is 3.43. The molecule has 1 rings (SSSR count). The molecule has 0 aliphatic rings. The molecule has 0 amide bonds. The van der Waals surface area contributed by atoms with Crippen LogP contribution in [0.15, 0.2) is 28.2 Å². The Hall–Kier alpha value is -0.346. The van der Waals surface area contributed by atoms with Gasteiger partial charge < -0.3 is 24.8 Å². The molecular formula is C9H11Cl2N3V. The van der Waals surface area contributed by atoms with E-state index in [0.29, 0.717) is 0 Å². The van der Waals surface area contributed by atoms with Crippen LogP contribution < -0.4 is 24.8 Å². The second kappa shape index (κ2) is 11.7. The molecule has 1 aromatic rings. The molecule has 81 valence electrons. The SMILES string of the molecule is CN=Cc1cccc(C=NC)n1.[Cl-].[Cl-].[V+2]. The summed E-state index contributed by atoms with van der Waals surface area (Å²) in [5.74, 6) is 0. The number of nitrogens with zero attached hydrogens (tertiary/aromatic N) is 3. The first kappa shape index (κ1) is 20.1. The summed E-state index contributed by atoms with van der Waals surface area (Å²) >= 11 is 0. The first-order valence-electron chi connectivity index (χ1n) is 3.68. The van der Waals surface area contributed by atoms with Gasteiger partial charge in [0.25, 0.3) is 0 Å². The molecule has 0 bridgehead atoms. The van der Waals surface area contributed by atoms with Gasteiger partial charge in [-0.1, -0.05) is 6.07 Å². The first-order chi connectivity index (χ1) is 5.86. The second-order valence-corrected chi connectivity index (χ2v) is 2.26. The van der Waals surface area contributed by atoms with E-state index in [0.717, 1.165) is 11.4 Å². The molecule has 1 aromatic heterocycles. The second-order valence-electron chi connectivity index (χ2n) is 2.26. The van der Waals surface area contributed by atoms with Crippen LogP contribution in [0, 0.1) is 0 Å². The van der Waals surface area contributed by atoms with E-state index in [9.17, 15) is 0 Å². The molecular weight excluding hydrogens is 272 g/mol. The fraction of sp³-hybridized carbons (Fsp3) is 0.222. The summed E-state index contributed by atoms with van der Waals surface area (Å²) in [4.78, 5) is 12.0. The maximum atomic E-state index is 4.25. The molecule has 1 heterocycles. The van der Waals surface area contributed by atoms with Crippen LogP contribution in [0.4, 0.5) is 0 Å². The van der Waals surface area contributed by atoms with Crippen molar-refractivity contribution in [2.24, 2.45) is 9.98 Å². The summed E-state index contributed by atoms with van der Waals surface area (Å²) in [7, 11) is 3.45. The zero-order chi connectivity index (χ0) is 8.81. The van der Waals surface area contributed by atoms with Crippen LogP contribution in [0.2, 0.25) is 0 Å². The van der Waals surface area contributed by atoms with Crippen molar-refractivity contribution in [3.8, 4) is 0 Å². The molecule has 0 fully saturated rings. The van der Waals surface area contributed by atoms with Crippen molar-refractivity contribution >= 4 is 12.4 Å². The Bertz CT molecular complexity index is 289. The quantitative estimate of drug-likeness (QED) is 0.502.